The number of carbonyl (C=O) groups excluding carboxylic acids is 4. The van der Waals surface area contributed by atoms with Crippen LogP contribution in [0.25, 0.3) is 0 Å². The molecule has 0 spiro atoms. The summed E-state index contributed by atoms with van der Waals surface area (Å²) in [4.78, 5) is 49.7. The minimum absolute atomic E-state index is 0.0840. The molecule has 0 fully saturated rings. The summed E-state index contributed by atoms with van der Waals surface area (Å²) >= 11 is 0. The Hall–Kier alpha value is -4.50. The molecule has 2 aromatic carbocycles. The lowest BCUT2D eigenvalue weighted by Crippen LogP contribution is -2.54. The fraction of sp³-hybridized carbons (Fsp3) is 0.448. The van der Waals surface area contributed by atoms with Gasteiger partial charge in [-0.3, -0.25) is 4.79 Å². The van der Waals surface area contributed by atoms with E-state index in [1.165, 1.54) is 13.8 Å². The molecule has 0 aromatic heterocycles. The van der Waals surface area contributed by atoms with Crippen molar-refractivity contribution < 1.29 is 55.0 Å². The van der Waals surface area contributed by atoms with Crippen LogP contribution < -0.4 is 21.3 Å². The van der Waals surface area contributed by atoms with E-state index in [-0.39, 0.29) is 25.6 Å². The van der Waals surface area contributed by atoms with Gasteiger partial charge in [0.2, 0.25) is 5.91 Å². The van der Waals surface area contributed by atoms with Crippen molar-refractivity contribution in [3.8, 4) is 0 Å². The van der Waals surface area contributed by atoms with Gasteiger partial charge in [-0.25, -0.2) is 14.4 Å². The molecule has 0 aliphatic heterocycles. The molecule has 16 heteroatoms. The third-order valence-electron chi connectivity index (χ3n) is 6.29. The molecule has 0 aliphatic carbocycles. The van der Waals surface area contributed by atoms with Crippen molar-refractivity contribution in [1.82, 2.24) is 16.0 Å². The van der Waals surface area contributed by atoms with Gasteiger partial charge in [0.25, 0.3) is 0 Å². The highest BCUT2D eigenvalue weighted by molar-refractivity contribution is 5.95. The number of ether oxygens (including phenoxy) is 2. The number of alkyl halides is 6. The van der Waals surface area contributed by atoms with Crippen LogP contribution in [0.15, 0.2) is 48.5 Å². The van der Waals surface area contributed by atoms with Crippen LogP contribution in [0.4, 0.5) is 41.6 Å². The molecule has 2 rings (SSSR count). The van der Waals surface area contributed by atoms with Crippen molar-refractivity contribution in [1.29, 1.82) is 0 Å². The Balaban J connectivity index is 1.95. The standard InChI is InChI=1S/C29H34F6N4O6/c1-17(2)23(39-26(42)37-21-14-19(28(30,31)32)13-20(15-21)29(33,34)35)24(40)38-22(25(41)44-3)11-7-8-12-36-27(43)45-16-18-9-5-4-6-10-18/h4-6,9-10,13-15,17,22-23H,7-8,11-12,16H2,1-3H3,(H,36,43)(H,38,40)(H2,37,39,42)/t22-,23-/m0/s1. The number of methoxy groups -OCH3 is 1. The fourth-order valence-corrected chi connectivity index (χ4v) is 3.96. The molecule has 248 valence electrons. The van der Waals surface area contributed by atoms with Crippen molar-refractivity contribution >= 4 is 29.7 Å². The second-order valence-electron chi connectivity index (χ2n) is 10.2. The van der Waals surface area contributed by atoms with E-state index in [1.54, 1.807) is 24.3 Å². The minimum atomic E-state index is -5.13. The Labute approximate surface area is 255 Å². The molecular weight excluding hydrogens is 614 g/mol. The van der Waals surface area contributed by atoms with Crippen molar-refractivity contribution in [2.24, 2.45) is 5.92 Å². The zero-order valence-electron chi connectivity index (χ0n) is 24.6. The van der Waals surface area contributed by atoms with E-state index < -0.39 is 71.2 Å². The number of hydrogen-bond donors (Lipinski definition) is 4. The minimum Gasteiger partial charge on any atom is -0.467 e. The predicted octanol–water partition coefficient (Wildman–Crippen LogP) is 5.62. The number of carbonyl (C=O) groups is 4. The number of urea groups is 1. The molecule has 4 N–H and O–H groups in total. The van der Waals surface area contributed by atoms with Gasteiger partial charge in [-0.1, -0.05) is 44.2 Å². The highest BCUT2D eigenvalue weighted by atomic mass is 19.4. The van der Waals surface area contributed by atoms with E-state index in [0.29, 0.717) is 25.0 Å². The van der Waals surface area contributed by atoms with Gasteiger partial charge in [-0.2, -0.15) is 26.3 Å². The summed E-state index contributed by atoms with van der Waals surface area (Å²) in [6.07, 6.45) is -10.1. The first-order valence-corrected chi connectivity index (χ1v) is 13.7. The second kappa shape index (κ2) is 16.5. The number of unbranched alkanes of at least 4 members (excludes halogenated alkanes) is 1. The average Bonchev–Trinajstić information content (AvgIpc) is 2.96. The Kier molecular flexibility index (Phi) is 13.5. The van der Waals surface area contributed by atoms with E-state index in [0.717, 1.165) is 12.7 Å². The number of hydrogen-bond acceptors (Lipinski definition) is 6. The van der Waals surface area contributed by atoms with Gasteiger partial charge >= 0.3 is 30.4 Å². The summed E-state index contributed by atoms with van der Waals surface area (Å²) < 4.78 is 88.8. The first-order chi connectivity index (χ1) is 21.0. The fourth-order valence-electron chi connectivity index (χ4n) is 3.96. The van der Waals surface area contributed by atoms with Crippen LogP contribution in [0.2, 0.25) is 0 Å². The summed E-state index contributed by atoms with van der Waals surface area (Å²) in [5.74, 6) is -2.26. The van der Waals surface area contributed by atoms with Crippen LogP contribution in [-0.2, 0) is 38.0 Å². The summed E-state index contributed by atoms with van der Waals surface area (Å²) in [6.45, 7) is 3.33. The highest BCUT2D eigenvalue weighted by Crippen LogP contribution is 2.37. The number of esters is 1. The molecule has 0 saturated heterocycles. The van der Waals surface area contributed by atoms with E-state index in [4.69, 9.17) is 9.47 Å². The number of halogens is 6. The molecule has 0 radical (unpaired) electrons. The average molecular weight is 649 g/mol. The van der Waals surface area contributed by atoms with Gasteiger partial charge in [0.15, 0.2) is 0 Å². The van der Waals surface area contributed by atoms with E-state index >= 15 is 0 Å². The van der Waals surface area contributed by atoms with Crippen LogP contribution in [0.1, 0.15) is 49.8 Å². The Morgan fingerprint density at radius 1 is 0.844 bits per heavy atom. The van der Waals surface area contributed by atoms with Crippen LogP contribution in [0, 0.1) is 5.92 Å². The zero-order chi connectivity index (χ0) is 33.8. The van der Waals surface area contributed by atoms with E-state index in [2.05, 4.69) is 16.0 Å². The molecule has 0 heterocycles. The monoisotopic (exact) mass is 648 g/mol. The first-order valence-electron chi connectivity index (χ1n) is 13.7. The van der Waals surface area contributed by atoms with Gasteiger partial charge in [0.05, 0.1) is 18.2 Å². The van der Waals surface area contributed by atoms with Crippen LogP contribution in [-0.4, -0.2) is 49.7 Å². The quantitative estimate of drug-likeness (QED) is 0.127. The molecule has 0 bridgehead atoms. The maximum Gasteiger partial charge on any atom is 0.416 e. The number of rotatable bonds is 13. The maximum absolute atomic E-state index is 13.2. The normalized spacial score (nSPS) is 12.9. The van der Waals surface area contributed by atoms with Crippen LogP contribution >= 0.6 is 0 Å². The number of alkyl carbamates (subject to hydrolysis) is 1. The molecule has 0 saturated carbocycles. The molecule has 10 nitrogen and oxygen atoms in total. The molecule has 2 atom stereocenters. The Bertz CT molecular complexity index is 1270. The van der Waals surface area contributed by atoms with Gasteiger partial charge in [-0.15, -0.1) is 0 Å². The first kappa shape index (κ1) is 36.7. The highest BCUT2D eigenvalue weighted by Gasteiger charge is 2.37. The van der Waals surface area contributed by atoms with Gasteiger partial charge < -0.3 is 30.7 Å². The number of benzene rings is 2. The number of anilines is 1. The number of nitrogens with one attached hydrogen (secondary N) is 4. The maximum atomic E-state index is 13.2. The lowest BCUT2D eigenvalue weighted by molar-refractivity contribution is -0.145. The molecule has 2 aromatic rings. The third-order valence-corrected chi connectivity index (χ3v) is 6.29. The van der Waals surface area contributed by atoms with Crippen LogP contribution in [0.3, 0.4) is 0 Å². The molecule has 0 unspecified atom stereocenters. The summed E-state index contributed by atoms with van der Waals surface area (Å²) in [5, 5.41) is 9.14. The van der Waals surface area contributed by atoms with Gasteiger partial charge in [0, 0.05) is 12.2 Å². The summed E-state index contributed by atoms with van der Waals surface area (Å²) in [5.41, 5.74) is -3.26. The second-order valence-corrected chi connectivity index (χ2v) is 10.2. The number of amides is 4. The summed E-state index contributed by atoms with van der Waals surface area (Å²) in [7, 11) is 1.10. The molecular formula is C29H34F6N4O6. The molecule has 4 amide bonds. The topological polar surface area (TPSA) is 135 Å². The molecule has 0 aliphatic rings. The van der Waals surface area contributed by atoms with Crippen molar-refractivity contribution in [2.75, 3.05) is 19.0 Å². The smallest absolute Gasteiger partial charge is 0.416 e. The van der Waals surface area contributed by atoms with Crippen molar-refractivity contribution in [3.05, 3.63) is 65.2 Å². The summed E-state index contributed by atoms with van der Waals surface area (Å²) in [6, 6.07) is 5.83. The largest absolute Gasteiger partial charge is 0.467 e. The zero-order valence-corrected chi connectivity index (χ0v) is 24.6. The van der Waals surface area contributed by atoms with Crippen LogP contribution in [0.5, 0.6) is 0 Å². The molecule has 45 heavy (non-hydrogen) atoms. The van der Waals surface area contributed by atoms with Gasteiger partial charge in [0.1, 0.15) is 18.7 Å². The SMILES string of the molecule is COC(=O)[C@H](CCCCNC(=O)OCc1ccccc1)NC(=O)[C@@H](NC(=O)Nc1cc(C(F)(F)F)cc(C(F)(F)F)c1)C(C)C. The van der Waals surface area contributed by atoms with Crippen molar-refractivity contribution in [3.63, 3.8) is 0 Å². The Morgan fingerprint density at radius 3 is 1.98 bits per heavy atom. The van der Waals surface area contributed by atoms with Gasteiger partial charge in [-0.05, 0) is 48.9 Å². The third kappa shape index (κ3) is 12.6. The lowest BCUT2D eigenvalue weighted by atomic mass is 10.0. The van der Waals surface area contributed by atoms with E-state index in [1.807, 2.05) is 11.4 Å². The Morgan fingerprint density at radius 2 is 1.44 bits per heavy atom. The van der Waals surface area contributed by atoms with E-state index in [9.17, 15) is 45.5 Å². The van der Waals surface area contributed by atoms with Crippen molar-refractivity contribution in [2.45, 2.75) is 64.2 Å². The predicted molar refractivity (Wildman–Crippen MR) is 150 cm³/mol. The lowest BCUT2D eigenvalue weighted by Gasteiger charge is -2.25.